The van der Waals surface area contributed by atoms with Gasteiger partial charge in [0.25, 0.3) is 0 Å². The Morgan fingerprint density at radius 3 is 2.71 bits per heavy atom. The molecule has 2 heterocycles. The first-order valence-electron chi connectivity index (χ1n) is 6.82. The number of carbonyl (C=O) groups excluding carboxylic acids is 1. The first-order valence-corrected chi connectivity index (χ1v) is 7.81. The fraction of sp³-hybridized carbons (Fsp3) is 0.429. The van der Waals surface area contributed by atoms with E-state index in [4.69, 9.17) is 0 Å². The molecular weight excluding hydrogens is 296 g/mol. The number of hydrogen-bond acceptors (Lipinski definition) is 3. The molecule has 0 bridgehead atoms. The van der Waals surface area contributed by atoms with Gasteiger partial charge in [0.15, 0.2) is 5.16 Å². The maximum atomic E-state index is 13.2. The van der Waals surface area contributed by atoms with Crippen LogP contribution in [0.5, 0.6) is 0 Å². The number of imidazole rings is 1. The predicted octanol–water partition coefficient (Wildman–Crippen LogP) is 3.15. The lowest BCUT2D eigenvalue weighted by atomic mass is 10.3. The molecule has 0 aliphatic carbocycles. The minimum atomic E-state index is -2.67. The van der Waals surface area contributed by atoms with Crippen LogP contribution in [0.1, 0.15) is 19.4 Å². The van der Waals surface area contributed by atoms with Crippen molar-refractivity contribution in [2.45, 2.75) is 24.5 Å². The molecule has 0 atom stereocenters. The van der Waals surface area contributed by atoms with Gasteiger partial charge in [0, 0.05) is 13.1 Å². The van der Waals surface area contributed by atoms with Crippen LogP contribution in [0.3, 0.4) is 0 Å². The van der Waals surface area contributed by atoms with E-state index in [0.717, 1.165) is 42.3 Å². The molecule has 2 aromatic rings. The molecule has 21 heavy (non-hydrogen) atoms. The highest BCUT2D eigenvalue weighted by molar-refractivity contribution is 7.99. The molecule has 1 amide bonds. The Morgan fingerprint density at radius 2 is 2.00 bits per heavy atom. The van der Waals surface area contributed by atoms with Crippen molar-refractivity contribution in [3.05, 3.63) is 24.3 Å². The highest BCUT2D eigenvalue weighted by Gasteiger charge is 2.21. The van der Waals surface area contributed by atoms with E-state index in [1.807, 2.05) is 0 Å². The number of likely N-dealkylation sites (tertiary alicyclic amines) is 1. The molecule has 0 unspecified atom stereocenters. The van der Waals surface area contributed by atoms with Crippen LogP contribution >= 0.6 is 11.8 Å². The zero-order chi connectivity index (χ0) is 14.8. The fourth-order valence-corrected chi connectivity index (χ4v) is 3.41. The second-order valence-corrected chi connectivity index (χ2v) is 5.85. The van der Waals surface area contributed by atoms with Gasteiger partial charge in [-0.25, -0.2) is 4.98 Å². The summed E-state index contributed by atoms with van der Waals surface area (Å²) in [6.07, 6.45) is 2.04. The first-order chi connectivity index (χ1) is 10.2. The number of hydrogen-bond donors (Lipinski definition) is 0. The van der Waals surface area contributed by atoms with Crippen LogP contribution in [0.15, 0.2) is 29.4 Å². The van der Waals surface area contributed by atoms with Gasteiger partial charge in [0.1, 0.15) is 0 Å². The van der Waals surface area contributed by atoms with Crippen molar-refractivity contribution in [1.29, 1.82) is 0 Å². The van der Waals surface area contributed by atoms with Crippen molar-refractivity contribution in [3.8, 4) is 0 Å². The van der Waals surface area contributed by atoms with Gasteiger partial charge >= 0.3 is 6.55 Å². The van der Waals surface area contributed by atoms with Gasteiger partial charge in [-0.05, 0) is 25.0 Å². The quantitative estimate of drug-likeness (QED) is 0.814. The van der Waals surface area contributed by atoms with Gasteiger partial charge in [-0.3, -0.25) is 9.36 Å². The van der Waals surface area contributed by atoms with E-state index < -0.39 is 6.55 Å². The van der Waals surface area contributed by atoms with Crippen LogP contribution in [0.25, 0.3) is 11.0 Å². The van der Waals surface area contributed by atoms with E-state index >= 15 is 0 Å². The van der Waals surface area contributed by atoms with E-state index in [1.54, 1.807) is 29.2 Å². The topological polar surface area (TPSA) is 38.1 Å². The number of rotatable bonds is 4. The molecule has 112 valence electrons. The SMILES string of the molecule is O=C(CSc1nc2ccccc2n1C(F)F)N1CCCC1. The van der Waals surface area contributed by atoms with Crippen LogP contribution in [-0.2, 0) is 4.79 Å². The molecule has 7 heteroatoms. The van der Waals surface area contributed by atoms with Crippen LogP contribution in [0.2, 0.25) is 0 Å². The summed E-state index contributed by atoms with van der Waals surface area (Å²) in [5.74, 6) is 0.140. The summed E-state index contributed by atoms with van der Waals surface area (Å²) in [5.41, 5.74) is 0.914. The second-order valence-electron chi connectivity index (χ2n) is 4.91. The average Bonchev–Trinajstić information content (AvgIpc) is 3.11. The number of amides is 1. The number of thioether (sulfide) groups is 1. The van der Waals surface area contributed by atoms with E-state index in [9.17, 15) is 13.6 Å². The summed E-state index contributed by atoms with van der Waals surface area (Å²) in [4.78, 5) is 18.0. The van der Waals surface area contributed by atoms with Crippen LogP contribution < -0.4 is 0 Å². The Balaban J connectivity index is 1.79. The maximum Gasteiger partial charge on any atom is 0.321 e. The van der Waals surface area contributed by atoms with Gasteiger partial charge in [-0.2, -0.15) is 8.78 Å². The number of halogens is 2. The largest absolute Gasteiger partial charge is 0.342 e. The molecule has 4 nitrogen and oxygen atoms in total. The zero-order valence-electron chi connectivity index (χ0n) is 11.3. The molecule has 0 spiro atoms. The van der Waals surface area contributed by atoms with Crippen molar-refractivity contribution < 1.29 is 13.6 Å². The zero-order valence-corrected chi connectivity index (χ0v) is 12.2. The van der Waals surface area contributed by atoms with Gasteiger partial charge in [-0.15, -0.1) is 0 Å². The summed E-state index contributed by atoms with van der Waals surface area (Å²) in [7, 11) is 0. The summed E-state index contributed by atoms with van der Waals surface area (Å²) in [6.45, 7) is -1.13. The third kappa shape index (κ3) is 2.88. The van der Waals surface area contributed by atoms with E-state index in [-0.39, 0.29) is 16.8 Å². The highest BCUT2D eigenvalue weighted by Crippen LogP contribution is 2.29. The van der Waals surface area contributed by atoms with Gasteiger partial charge in [-0.1, -0.05) is 23.9 Å². The average molecular weight is 311 g/mol. The normalized spacial score (nSPS) is 15.3. The van der Waals surface area contributed by atoms with Crippen LogP contribution in [-0.4, -0.2) is 39.2 Å². The third-order valence-corrected chi connectivity index (χ3v) is 4.48. The molecule has 1 saturated heterocycles. The van der Waals surface area contributed by atoms with Gasteiger partial charge in [0.05, 0.1) is 16.8 Å². The number of para-hydroxylation sites is 2. The lowest BCUT2D eigenvalue weighted by Gasteiger charge is -2.14. The molecule has 1 aromatic carbocycles. The Hall–Kier alpha value is -1.63. The molecule has 0 saturated carbocycles. The number of benzene rings is 1. The van der Waals surface area contributed by atoms with Gasteiger partial charge in [0.2, 0.25) is 5.91 Å². The van der Waals surface area contributed by atoms with E-state index in [0.29, 0.717) is 11.0 Å². The number of nitrogens with zero attached hydrogens (tertiary/aromatic N) is 3. The standard InChI is InChI=1S/C14H15F2N3OS/c15-13(16)19-11-6-2-1-5-10(11)17-14(19)21-9-12(20)18-7-3-4-8-18/h1-2,5-6,13H,3-4,7-9H2. The molecule has 3 rings (SSSR count). The predicted molar refractivity (Wildman–Crippen MR) is 77.5 cm³/mol. The van der Waals surface area contributed by atoms with Crippen LogP contribution in [0.4, 0.5) is 8.78 Å². The lowest BCUT2D eigenvalue weighted by molar-refractivity contribution is -0.127. The van der Waals surface area contributed by atoms with Crippen LogP contribution in [0, 0.1) is 0 Å². The van der Waals surface area contributed by atoms with Crippen molar-refractivity contribution in [2.24, 2.45) is 0 Å². The summed E-state index contributed by atoms with van der Waals surface area (Å²) in [5, 5.41) is 0.193. The molecule has 1 aromatic heterocycles. The minimum absolute atomic E-state index is 0.00891. The highest BCUT2D eigenvalue weighted by atomic mass is 32.2. The fourth-order valence-electron chi connectivity index (χ4n) is 2.50. The Morgan fingerprint density at radius 1 is 1.29 bits per heavy atom. The molecular formula is C14H15F2N3OS. The molecule has 1 aliphatic heterocycles. The molecule has 1 fully saturated rings. The minimum Gasteiger partial charge on any atom is -0.342 e. The number of alkyl halides is 2. The van der Waals surface area contributed by atoms with Crippen molar-refractivity contribution in [1.82, 2.24) is 14.5 Å². The number of carbonyl (C=O) groups is 1. The van der Waals surface area contributed by atoms with Gasteiger partial charge < -0.3 is 4.90 Å². The third-order valence-electron chi connectivity index (χ3n) is 3.54. The van der Waals surface area contributed by atoms with Crippen molar-refractivity contribution in [3.63, 3.8) is 0 Å². The monoisotopic (exact) mass is 311 g/mol. The van der Waals surface area contributed by atoms with Crippen molar-refractivity contribution >= 4 is 28.7 Å². The number of aromatic nitrogens is 2. The first kappa shape index (κ1) is 14.3. The second kappa shape index (κ2) is 6.01. The van der Waals surface area contributed by atoms with Crippen molar-refractivity contribution in [2.75, 3.05) is 18.8 Å². The van der Waals surface area contributed by atoms with E-state index in [1.165, 1.54) is 0 Å². The maximum absolute atomic E-state index is 13.2. The molecule has 1 aliphatic rings. The smallest absolute Gasteiger partial charge is 0.321 e. The van der Waals surface area contributed by atoms with E-state index in [2.05, 4.69) is 4.98 Å². The summed E-state index contributed by atoms with van der Waals surface area (Å²) >= 11 is 1.08. The number of fused-ring (bicyclic) bond motifs is 1. The molecule has 0 N–H and O–H groups in total. The summed E-state index contributed by atoms with van der Waals surface area (Å²) < 4.78 is 27.3. The Labute approximate surface area is 125 Å². The lowest BCUT2D eigenvalue weighted by Crippen LogP contribution is -2.29. The molecule has 0 radical (unpaired) electrons. The summed E-state index contributed by atoms with van der Waals surface area (Å²) in [6, 6.07) is 6.77. The Bertz CT molecular complexity index is 653. The Kier molecular flexibility index (Phi) is 4.10.